The molecule has 0 aliphatic carbocycles. The van der Waals surface area contributed by atoms with E-state index >= 15 is 0 Å². The molecule has 2 amide bonds. The standard InChI is InChI=1S/C12H20N4O3/c1-12(2,3)5-8(4-10(17)18)15-11(19)16-9-6-13-14-7-9/h6-8H,4-5H2,1-3H3,(H,13,14)(H,17,18)(H2,15,16,19). The Morgan fingerprint density at radius 1 is 1.47 bits per heavy atom. The van der Waals surface area contributed by atoms with Crippen molar-refractivity contribution in [2.45, 2.75) is 39.7 Å². The lowest BCUT2D eigenvalue weighted by atomic mass is 9.87. The topological polar surface area (TPSA) is 107 Å². The number of carbonyl (C=O) groups is 2. The van der Waals surface area contributed by atoms with Gasteiger partial charge in [-0.05, 0) is 11.8 Å². The molecule has 0 aliphatic rings. The van der Waals surface area contributed by atoms with Gasteiger partial charge in [0.15, 0.2) is 0 Å². The van der Waals surface area contributed by atoms with E-state index in [1.165, 1.54) is 12.4 Å². The molecule has 0 aromatic carbocycles. The monoisotopic (exact) mass is 268 g/mol. The number of hydrogen-bond acceptors (Lipinski definition) is 3. The second kappa shape index (κ2) is 6.21. The summed E-state index contributed by atoms with van der Waals surface area (Å²) in [6.45, 7) is 5.99. The van der Waals surface area contributed by atoms with E-state index in [0.717, 1.165) is 0 Å². The van der Waals surface area contributed by atoms with Crippen molar-refractivity contribution in [1.29, 1.82) is 0 Å². The molecule has 0 aliphatic heterocycles. The number of hydrogen-bond donors (Lipinski definition) is 4. The van der Waals surface area contributed by atoms with E-state index < -0.39 is 18.0 Å². The Balaban J connectivity index is 2.55. The van der Waals surface area contributed by atoms with Gasteiger partial charge < -0.3 is 15.7 Å². The zero-order valence-corrected chi connectivity index (χ0v) is 11.4. The van der Waals surface area contributed by atoms with Crippen LogP contribution in [0.1, 0.15) is 33.6 Å². The highest BCUT2D eigenvalue weighted by atomic mass is 16.4. The van der Waals surface area contributed by atoms with Crippen molar-refractivity contribution in [3.8, 4) is 0 Å². The van der Waals surface area contributed by atoms with E-state index in [4.69, 9.17) is 5.11 Å². The van der Waals surface area contributed by atoms with Crippen molar-refractivity contribution in [2.24, 2.45) is 5.41 Å². The lowest BCUT2D eigenvalue weighted by molar-refractivity contribution is -0.137. The molecule has 1 rings (SSSR count). The third kappa shape index (κ3) is 6.44. The van der Waals surface area contributed by atoms with Gasteiger partial charge in [0.25, 0.3) is 0 Å². The Bertz CT molecular complexity index is 423. The van der Waals surface area contributed by atoms with Gasteiger partial charge in [-0.2, -0.15) is 5.10 Å². The molecule has 7 nitrogen and oxygen atoms in total. The first-order valence-electron chi connectivity index (χ1n) is 6.04. The number of amides is 2. The summed E-state index contributed by atoms with van der Waals surface area (Å²) in [5.41, 5.74) is 0.464. The summed E-state index contributed by atoms with van der Waals surface area (Å²) in [4.78, 5) is 22.5. The number of carboxylic acids is 1. The van der Waals surface area contributed by atoms with Crippen LogP contribution in [0, 0.1) is 5.41 Å². The molecule has 0 spiro atoms. The largest absolute Gasteiger partial charge is 0.481 e. The number of carbonyl (C=O) groups excluding carboxylic acids is 1. The maximum absolute atomic E-state index is 11.7. The predicted octanol–water partition coefficient (Wildman–Crippen LogP) is 1.81. The van der Waals surface area contributed by atoms with Crippen molar-refractivity contribution in [1.82, 2.24) is 15.5 Å². The van der Waals surface area contributed by atoms with Gasteiger partial charge in [-0.3, -0.25) is 9.89 Å². The van der Waals surface area contributed by atoms with Crippen molar-refractivity contribution in [3.63, 3.8) is 0 Å². The minimum atomic E-state index is -0.933. The number of nitrogens with zero attached hydrogens (tertiary/aromatic N) is 1. The number of rotatable bonds is 5. The van der Waals surface area contributed by atoms with Crippen LogP contribution in [0.4, 0.5) is 10.5 Å². The number of carboxylic acid groups (broad SMARTS) is 1. The Hall–Kier alpha value is -2.05. The number of nitrogens with one attached hydrogen (secondary N) is 3. The van der Waals surface area contributed by atoms with Crippen LogP contribution in [0.15, 0.2) is 12.4 Å². The highest BCUT2D eigenvalue weighted by molar-refractivity contribution is 5.89. The van der Waals surface area contributed by atoms with Gasteiger partial charge in [-0.25, -0.2) is 4.79 Å². The summed E-state index contributed by atoms with van der Waals surface area (Å²) in [5.74, 6) is -0.933. The quantitative estimate of drug-likeness (QED) is 0.653. The molecule has 1 heterocycles. The fourth-order valence-corrected chi connectivity index (χ4v) is 1.80. The summed E-state index contributed by atoms with van der Waals surface area (Å²) in [7, 11) is 0. The Morgan fingerprint density at radius 2 is 2.16 bits per heavy atom. The van der Waals surface area contributed by atoms with E-state index in [-0.39, 0.29) is 11.8 Å². The van der Waals surface area contributed by atoms with E-state index in [1.807, 2.05) is 20.8 Å². The lowest BCUT2D eigenvalue weighted by Gasteiger charge is -2.25. The number of aliphatic carboxylic acids is 1. The molecule has 0 radical (unpaired) electrons. The Morgan fingerprint density at radius 3 is 2.63 bits per heavy atom. The van der Waals surface area contributed by atoms with E-state index in [0.29, 0.717) is 12.1 Å². The number of H-pyrrole nitrogens is 1. The molecule has 1 aromatic rings. The summed E-state index contributed by atoms with van der Waals surface area (Å²) in [5, 5.41) is 20.4. The molecule has 0 saturated carbocycles. The van der Waals surface area contributed by atoms with E-state index in [2.05, 4.69) is 20.8 Å². The molecule has 1 unspecified atom stereocenters. The molecule has 0 saturated heterocycles. The molecule has 106 valence electrons. The third-order valence-corrected chi connectivity index (χ3v) is 2.37. The van der Waals surface area contributed by atoms with Crippen LogP contribution < -0.4 is 10.6 Å². The molecule has 0 fully saturated rings. The molecule has 1 atom stereocenters. The van der Waals surface area contributed by atoms with Crippen LogP contribution in [0.25, 0.3) is 0 Å². The van der Waals surface area contributed by atoms with E-state index in [9.17, 15) is 9.59 Å². The maximum atomic E-state index is 11.7. The minimum absolute atomic E-state index is 0.0664. The van der Waals surface area contributed by atoms with Crippen LogP contribution in [0.3, 0.4) is 0 Å². The SMILES string of the molecule is CC(C)(C)CC(CC(=O)O)NC(=O)Nc1cn[nH]c1. The van der Waals surface area contributed by atoms with Crippen LogP contribution in [-0.4, -0.2) is 33.3 Å². The van der Waals surface area contributed by atoms with Crippen LogP contribution in [0.2, 0.25) is 0 Å². The average molecular weight is 268 g/mol. The molecule has 0 bridgehead atoms. The van der Waals surface area contributed by atoms with Crippen LogP contribution in [0.5, 0.6) is 0 Å². The summed E-state index contributed by atoms with van der Waals surface area (Å²) < 4.78 is 0. The first kappa shape index (κ1) is 15.0. The zero-order valence-electron chi connectivity index (χ0n) is 11.4. The molecule has 19 heavy (non-hydrogen) atoms. The van der Waals surface area contributed by atoms with Gasteiger partial charge in [0.1, 0.15) is 0 Å². The summed E-state index contributed by atoms with van der Waals surface area (Å²) >= 11 is 0. The number of aromatic nitrogens is 2. The van der Waals surface area contributed by atoms with Gasteiger partial charge in [0.05, 0.1) is 18.3 Å². The summed E-state index contributed by atoms with van der Waals surface area (Å²) in [6, 6.07) is -0.846. The molecule has 7 heteroatoms. The first-order valence-corrected chi connectivity index (χ1v) is 6.04. The van der Waals surface area contributed by atoms with Gasteiger partial charge >= 0.3 is 12.0 Å². The fraction of sp³-hybridized carbons (Fsp3) is 0.583. The number of anilines is 1. The average Bonchev–Trinajstić information content (AvgIpc) is 2.65. The Kier molecular flexibility index (Phi) is 4.91. The van der Waals surface area contributed by atoms with Crippen molar-refractivity contribution >= 4 is 17.7 Å². The highest BCUT2D eigenvalue weighted by Crippen LogP contribution is 2.22. The molecule has 4 N–H and O–H groups in total. The van der Waals surface area contributed by atoms with Crippen molar-refractivity contribution in [2.75, 3.05) is 5.32 Å². The number of urea groups is 1. The van der Waals surface area contributed by atoms with Gasteiger partial charge in [0.2, 0.25) is 0 Å². The van der Waals surface area contributed by atoms with Crippen LogP contribution in [-0.2, 0) is 4.79 Å². The van der Waals surface area contributed by atoms with Gasteiger partial charge in [-0.1, -0.05) is 20.8 Å². The van der Waals surface area contributed by atoms with Gasteiger partial charge in [0, 0.05) is 12.2 Å². The molecule has 1 aromatic heterocycles. The number of aromatic amines is 1. The maximum Gasteiger partial charge on any atom is 0.319 e. The third-order valence-electron chi connectivity index (χ3n) is 2.37. The predicted molar refractivity (Wildman–Crippen MR) is 70.9 cm³/mol. The lowest BCUT2D eigenvalue weighted by Crippen LogP contribution is -2.41. The second-order valence-corrected chi connectivity index (χ2v) is 5.65. The second-order valence-electron chi connectivity index (χ2n) is 5.65. The van der Waals surface area contributed by atoms with Crippen LogP contribution >= 0.6 is 0 Å². The minimum Gasteiger partial charge on any atom is -0.481 e. The van der Waals surface area contributed by atoms with Gasteiger partial charge in [-0.15, -0.1) is 0 Å². The van der Waals surface area contributed by atoms with E-state index in [1.54, 1.807) is 0 Å². The molecular formula is C12H20N4O3. The zero-order chi connectivity index (χ0) is 14.5. The fourth-order valence-electron chi connectivity index (χ4n) is 1.80. The molecular weight excluding hydrogens is 248 g/mol. The summed E-state index contributed by atoms with van der Waals surface area (Å²) in [6.07, 6.45) is 3.49. The van der Waals surface area contributed by atoms with Crippen molar-refractivity contribution in [3.05, 3.63) is 12.4 Å². The first-order chi connectivity index (χ1) is 8.76. The van der Waals surface area contributed by atoms with Crippen molar-refractivity contribution < 1.29 is 14.7 Å². The highest BCUT2D eigenvalue weighted by Gasteiger charge is 2.22. The smallest absolute Gasteiger partial charge is 0.319 e. The Labute approximate surface area is 111 Å². The normalized spacial score (nSPS) is 12.8.